The Morgan fingerprint density at radius 3 is 2.95 bits per heavy atom. The van der Waals surface area contributed by atoms with Crippen molar-refractivity contribution in [1.29, 1.82) is 0 Å². The molecule has 1 aromatic heterocycles. The number of hydrogen-bond acceptors (Lipinski definition) is 6. The first-order valence-corrected chi connectivity index (χ1v) is 8.51. The van der Waals surface area contributed by atoms with E-state index < -0.39 is 0 Å². The summed E-state index contributed by atoms with van der Waals surface area (Å²) >= 11 is 4.10. The Hall–Kier alpha value is -0.590. The summed E-state index contributed by atoms with van der Waals surface area (Å²) < 4.78 is 10.6. The molecule has 1 aromatic rings. The molecule has 6 heteroatoms. The van der Waals surface area contributed by atoms with Crippen LogP contribution in [0, 0.1) is 0 Å². The molecule has 0 spiro atoms. The first kappa shape index (κ1) is 14.8. The molecule has 0 aromatic carbocycles. The van der Waals surface area contributed by atoms with Gasteiger partial charge in [-0.2, -0.15) is 23.5 Å². The van der Waals surface area contributed by atoms with Gasteiger partial charge in [0.1, 0.15) is 0 Å². The fourth-order valence-corrected chi connectivity index (χ4v) is 4.63. The van der Waals surface area contributed by atoms with Gasteiger partial charge in [0, 0.05) is 47.9 Å². The van der Waals surface area contributed by atoms with Crippen molar-refractivity contribution < 1.29 is 9.47 Å². The average Bonchev–Trinajstić information content (AvgIpc) is 2.48. The summed E-state index contributed by atoms with van der Waals surface area (Å²) in [5.74, 6) is 5.24. The van der Waals surface area contributed by atoms with E-state index in [9.17, 15) is 0 Å². The van der Waals surface area contributed by atoms with Gasteiger partial charge in [0.15, 0.2) is 11.5 Å². The summed E-state index contributed by atoms with van der Waals surface area (Å²) in [6.07, 6.45) is 1.75. The van der Waals surface area contributed by atoms with Crippen LogP contribution < -0.4 is 14.8 Å². The highest BCUT2D eigenvalue weighted by Gasteiger charge is 2.15. The number of aromatic nitrogens is 1. The van der Waals surface area contributed by atoms with Crippen LogP contribution in [0.25, 0.3) is 0 Å². The summed E-state index contributed by atoms with van der Waals surface area (Å²) in [5, 5.41) is 4.17. The monoisotopic (exact) mass is 300 g/mol. The van der Waals surface area contributed by atoms with Crippen LogP contribution in [0.1, 0.15) is 5.69 Å². The molecule has 106 valence electrons. The van der Waals surface area contributed by atoms with E-state index in [2.05, 4.69) is 22.1 Å². The fraction of sp³-hybridized carbons (Fsp3) is 0.615. The Kier molecular flexibility index (Phi) is 6.13. The topological polar surface area (TPSA) is 43.4 Å². The van der Waals surface area contributed by atoms with E-state index in [4.69, 9.17) is 9.47 Å². The molecule has 1 aliphatic heterocycles. The lowest BCUT2D eigenvalue weighted by molar-refractivity contribution is 0.348. The minimum Gasteiger partial charge on any atom is -0.493 e. The van der Waals surface area contributed by atoms with Crippen LogP contribution >= 0.6 is 23.5 Å². The van der Waals surface area contributed by atoms with Gasteiger partial charge in [-0.25, -0.2) is 0 Å². The molecule has 1 N–H and O–H groups in total. The van der Waals surface area contributed by atoms with Crippen LogP contribution in [0.15, 0.2) is 12.3 Å². The van der Waals surface area contributed by atoms with Crippen molar-refractivity contribution in [3.8, 4) is 11.5 Å². The summed E-state index contributed by atoms with van der Waals surface area (Å²) in [7, 11) is 3.29. The van der Waals surface area contributed by atoms with Gasteiger partial charge in [-0.3, -0.25) is 4.98 Å². The highest BCUT2D eigenvalue weighted by molar-refractivity contribution is 8.06. The third-order valence-electron chi connectivity index (χ3n) is 2.92. The zero-order valence-corrected chi connectivity index (χ0v) is 13.0. The zero-order valence-electron chi connectivity index (χ0n) is 11.3. The number of rotatable bonds is 6. The SMILES string of the molecule is COc1ccnc(CNCC2CSCCS2)c1OC. The number of hydrogen-bond donors (Lipinski definition) is 1. The molecule has 0 aliphatic carbocycles. The van der Waals surface area contributed by atoms with Crippen LogP contribution in [0.3, 0.4) is 0 Å². The Labute approximate surface area is 123 Å². The molecular weight excluding hydrogens is 280 g/mol. The van der Waals surface area contributed by atoms with Crippen molar-refractivity contribution in [2.24, 2.45) is 0 Å². The molecular formula is C13H20N2O2S2. The molecule has 19 heavy (non-hydrogen) atoms. The van der Waals surface area contributed by atoms with E-state index in [1.54, 1.807) is 20.4 Å². The predicted octanol–water partition coefficient (Wildman–Crippen LogP) is 2.04. The minimum absolute atomic E-state index is 0.704. The predicted molar refractivity (Wildman–Crippen MR) is 82.6 cm³/mol. The van der Waals surface area contributed by atoms with Crippen molar-refractivity contribution in [2.45, 2.75) is 11.8 Å². The van der Waals surface area contributed by atoms with Crippen molar-refractivity contribution in [1.82, 2.24) is 10.3 Å². The number of pyridine rings is 1. The summed E-state index contributed by atoms with van der Waals surface area (Å²) in [6, 6.07) is 1.82. The van der Waals surface area contributed by atoms with Gasteiger partial charge in [0.05, 0.1) is 19.9 Å². The fourth-order valence-electron chi connectivity index (χ4n) is 1.98. The Balaban J connectivity index is 1.88. The van der Waals surface area contributed by atoms with E-state index in [0.717, 1.165) is 23.7 Å². The molecule has 1 saturated heterocycles. The van der Waals surface area contributed by atoms with Gasteiger partial charge in [-0.05, 0) is 0 Å². The Morgan fingerprint density at radius 1 is 1.37 bits per heavy atom. The van der Waals surface area contributed by atoms with Crippen molar-refractivity contribution in [3.63, 3.8) is 0 Å². The number of nitrogens with zero attached hydrogens (tertiary/aromatic N) is 1. The number of ether oxygens (including phenoxy) is 2. The van der Waals surface area contributed by atoms with Gasteiger partial charge < -0.3 is 14.8 Å². The normalized spacial score (nSPS) is 19.2. The molecule has 4 nitrogen and oxygen atoms in total. The van der Waals surface area contributed by atoms with Crippen molar-refractivity contribution in [3.05, 3.63) is 18.0 Å². The second-order valence-electron chi connectivity index (χ2n) is 4.19. The molecule has 1 unspecified atom stereocenters. The average molecular weight is 300 g/mol. The van der Waals surface area contributed by atoms with E-state index in [0.29, 0.717) is 11.8 Å². The van der Waals surface area contributed by atoms with Gasteiger partial charge in [-0.15, -0.1) is 0 Å². The summed E-state index contributed by atoms with van der Waals surface area (Å²) in [6.45, 7) is 1.72. The second kappa shape index (κ2) is 7.87. The first-order chi connectivity index (χ1) is 9.35. The lowest BCUT2D eigenvalue weighted by atomic mass is 10.3. The molecule has 2 heterocycles. The standard InChI is InChI=1S/C13H20N2O2S2/c1-16-12-3-4-15-11(13(12)17-2)8-14-7-10-9-18-5-6-19-10/h3-4,10,14H,5-9H2,1-2H3. The summed E-state index contributed by atoms with van der Waals surface area (Å²) in [4.78, 5) is 4.36. The quantitative estimate of drug-likeness (QED) is 0.867. The Morgan fingerprint density at radius 2 is 2.26 bits per heavy atom. The lowest BCUT2D eigenvalue weighted by Gasteiger charge is -2.21. The maximum absolute atomic E-state index is 5.37. The third kappa shape index (κ3) is 4.19. The van der Waals surface area contributed by atoms with Gasteiger partial charge >= 0.3 is 0 Å². The maximum Gasteiger partial charge on any atom is 0.183 e. The van der Waals surface area contributed by atoms with Crippen molar-refractivity contribution in [2.75, 3.05) is 38.0 Å². The minimum atomic E-state index is 0.704. The zero-order chi connectivity index (χ0) is 13.5. The molecule has 0 bridgehead atoms. The third-order valence-corrected chi connectivity index (χ3v) is 5.76. The van der Waals surface area contributed by atoms with E-state index in [-0.39, 0.29) is 0 Å². The van der Waals surface area contributed by atoms with Gasteiger partial charge in [0.2, 0.25) is 0 Å². The molecule has 1 aliphatic rings. The maximum atomic E-state index is 5.37. The molecule has 1 atom stereocenters. The van der Waals surface area contributed by atoms with E-state index >= 15 is 0 Å². The van der Waals surface area contributed by atoms with E-state index in [1.807, 2.05) is 17.8 Å². The van der Waals surface area contributed by atoms with Crippen LogP contribution in [-0.2, 0) is 6.54 Å². The second-order valence-corrected chi connectivity index (χ2v) is 6.75. The number of nitrogens with one attached hydrogen (secondary N) is 1. The van der Waals surface area contributed by atoms with Crippen LogP contribution in [0.5, 0.6) is 11.5 Å². The number of thioether (sulfide) groups is 2. The molecule has 0 radical (unpaired) electrons. The van der Waals surface area contributed by atoms with Crippen LogP contribution in [0.2, 0.25) is 0 Å². The molecule has 2 rings (SSSR count). The van der Waals surface area contributed by atoms with Crippen molar-refractivity contribution >= 4 is 23.5 Å². The largest absolute Gasteiger partial charge is 0.493 e. The van der Waals surface area contributed by atoms with Gasteiger partial charge in [0.25, 0.3) is 0 Å². The van der Waals surface area contributed by atoms with Crippen LogP contribution in [-0.4, -0.2) is 48.3 Å². The Bertz CT molecular complexity index is 398. The van der Waals surface area contributed by atoms with E-state index in [1.165, 1.54) is 17.3 Å². The molecule has 1 fully saturated rings. The highest BCUT2D eigenvalue weighted by atomic mass is 32.2. The van der Waals surface area contributed by atoms with Crippen LogP contribution in [0.4, 0.5) is 0 Å². The highest BCUT2D eigenvalue weighted by Crippen LogP contribution is 2.29. The number of methoxy groups -OCH3 is 2. The molecule has 0 saturated carbocycles. The molecule has 0 amide bonds. The lowest BCUT2D eigenvalue weighted by Crippen LogP contribution is -2.29. The summed E-state index contributed by atoms with van der Waals surface area (Å²) in [5.41, 5.74) is 0.898. The smallest absolute Gasteiger partial charge is 0.183 e. The van der Waals surface area contributed by atoms with Gasteiger partial charge in [-0.1, -0.05) is 0 Å². The first-order valence-electron chi connectivity index (χ1n) is 6.31.